The van der Waals surface area contributed by atoms with Crippen LogP contribution in [0.3, 0.4) is 0 Å². The summed E-state index contributed by atoms with van der Waals surface area (Å²) in [4.78, 5) is 30.3. The first-order valence-corrected chi connectivity index (χ1v) is 9.35. The molecule has 8 heteroatoms. The van der Waals surface area contributed by atoms with Crippen LogP contribution in [0.25, 0.3) is 0 Å². The van der Waals surface area contributed by atoms with Crippen LogP contribution < -0.4 is 10.6 Å². The second-order valence-electron chi connectivity index (χ2n) is 6.50. The van der Waals surface area contributed by atoms with Crippen molar-refractivity contribution < 1.29 is 14.1 Å². The Morgan fingerprint density at radius 3 is 2.85 bits per heavy atom. The zero-order valence-electron chi connectivity index (χ0n) is 15.5. The molecule has 27 heavy (non-hydrogen) atoms. The standard InChI is InChI=1S/C19H25N5O3/c1-2-20-19(26)24-12-6-9-15(24)18-22-17(27-23-18)11-10-16(25)21-13-14-7-4-3-5-8-14/h3-5,7-8,15H,2,6,9-13H2,1H3,(H,20,26)(H,21,25). The maximum absolute atomic E-state index is 12.1. The maximum Gasteiger partial charge on any atom is 0.318 e. The van der Waals surface area contributed by atoms with Crippen LogP contribution in [0.5, 0.6) is 0 Å². The number of urea groups is 1. The molecule has 1 aliphatic heterocycles. The molecule has 1 unspecified atom stereocenters. The van der Waals surface area contributed by atoms with Crippen molar-refractivity contribution in [2.75, 3.05) is 13.1 Å². The molecule has 0 aliphatic carbocycles. The van der Waals surface area contributed by atoms with Crippen LogP contribution in [0.2, 0.25) is 0 Å². The summed E-state index contributed by atoms with van der Waals surface area (Å²) in [6.07, 6.45) is 2.38. The number of aryl methyl sites for hydroxylation is 1. The fourth-order valence-electron chi connectivity index (χ4n) is 3.14. The largest absolute Gasteiger partial charge is 0.352 e. The van der Waals surface area contributed by atoms with Crippen molar-refractivity contribution in [1.29, 1.82) is 0 Å². The molecule has 3 amide bonds. The third-order valence-corrected chi connectivity index (χ3v) is 4.52. The van der Waals surface area contributed by atoms with E-state index < -0.39 is 0 Å². The molecule has 1 saturated heterocycles. The first kappa shape index (κ1) is 18.9. The predicted molar refractivity (Wildman–Crippen MR) is 98.7 cm³/mol. The molecule has 2 N–H and O–H groups in total. The van der Waals surface area contributed by atoms with E-state index in [1.165, 1.54) is 0 Å². The van der Waals surface area contributed by atoms with Crippen molar-refractivity contribution in [2.45, 2.75) is 45.2 Å². The average molecular weight is 371 g/mol. The summed E-state index contributed by atoms with van der Waals surface area (Å²) in [6.45, 7) is 3.65. The summed E-state index contributed by atoms with van der Waals surface area (Å²) < 4.78 is 5.28. The molecule has 0 saturated carbocycles. The van der Waals surface area contributed by atoms with Gasteiger partial charge in [-0.05, 0) is 25.3 Å². The highest BCUT2D eigenvalue weighted by molar-refractivity contribution is 5.76. The first-order valence-electron chi connectivity index (χ1n) is 9.35. The van der Waals surface area contributed by atoms with Crippen LogP contribution in [0, 0.1) is 0 Å². The lowest BCUT2D eigenvalue weighted by Gasteiger charge is -2.22. The minimum absolute atomic E-state index is 0.0663. The molecule has 1 aliphatic rings. The molecule has 2 heterocycles. The van der Waals surface area contributed by atoms with Crippen molar-refractivity contribution in [3.8, 4) is 0 Å². The number of rotatable bonds is 7. The van der Waals surface area contributed by atoms with E-state index >= 15 is 0 Å². The second kappa shape index (κ2) is 9.16. The lowest BCUT2D eigenvalue weighted by molar-refractivity contribution is -0.121. The summed E-state index contributed by atoms with van der Waals surface area (Å²) in [6, 6.07) is 9.48. The van der Waals surface area contributed by atoms with E-state index in [9.17, 15) is 9.59 Å². The lowest BCUT2D eigenvalue weighted by atomic mass is 10.2. The van der Waals surface area contributed by atoms with Crippen LogP contribution in [0.4, 0.5) is 4.79 Å². The summed E-state index contributed by atoms with van der Waals surface area (Å²) in [5.74, 6) is 0.865. The van der Waals surface area contributed by atoms with Gasteiger partial charge in [0.25, 0.3) is 0 Å². The quantitative estimate of drug-likeness (QED) is 0.777. The van der Waals surface area contributed by atoms with E-state index in [1.807, 2.05) is 37.3 Å². The van der Waals surface area contributed by atoms with Gasteiger partial charge >= 0.3 is 6.03 Å². The maximum atomic E-state index is 12.1. The molecule has 2 aromatic rings. The fourth-order valence-corrected chi connectivity index (χ4v) is 3.14. The number of nitrogens with one attached hydrogen (secondary N) is 2. The van der Waals surface area contributed by atoms with E-state index in [0.717, 1.165) is 18.4 Å². The first-order chi connectivity index (χ1) is 13.2. The van der Waals surface area contributed by atoms with E-state index in [4.69, 9.17) is 4.52 Å². The minimum Gasteiger partial charge on any atom is -0.352 e. The van der Waals surface area contributed by atoms with Crippen molar-refractivity contribution in [3.63, 3.8) is 0 Å². The van der Waals surface area contributed by atoms with Crippen LogP contribution in [0.1, 0.15) is 49.5 Å². The molecule has 3 rings (SSSR count). The van der Waals surface area contributed by atoms with E-state index in [1.54, 1.807) is 4.90 Å². The molecule has 0 radical (unpaired) electrons. The van der Waals surface area contributed by atoms with Crippen molar-refractivity contribution in [2.24, 2.45) is 0 Å². The van der Waals surface area contributed by atoms with Crippen LogP contribution in [-0.4, -0.2) is 40.1 Å². The molecule has 0 bridgehead atoms. The predicted octanol–water partition coefficient (Wildman–Crippen LogP) is 2.18. The van der Waals surface area contributed by atoms with Gasteiger partial charge in [-0.3, -0.25) is 4.79 Å². The number of nitrogens with zero attached hydrogens (tertiary/aromatic N) is 3. The molecule has 1 aromatic heterocycles. The molecule has 144 valence electrons. The Morgan fingerprint density at radius 2 is 2.07 bits per heavy atom. The highest BCUT2D eigenvalue weighted by Gasteiger charge is 2.33. The highest BCUT2D eigenvalue weighted by Crippen LogP contribution is 2.30. The fraction of sp³-hybridized carbons (Fsp3) is 0.474. The summed E-state index contributed by atoms with van der Waals surface area (Å²) >= 11 is 0. The topological polar surface area (TPSA) is 100 Å². The van der Waals surface area contributed by atoms with Gasteiger partial charge in [0.1, 0.15) is 0 Å². The number of carbonyl (C=O) groups is 2. The van der Waals surface area contributed by atoms with Crippen LogP contribution in [-0.2, 0) is 17.8 Å². The normalized spacial score (nSPS) is 16.3. The summed E-state index contributed by atoms with van der Waals surface area (Å²) in [7, 11) is 0. The van der Waals surface area contributed by atoms with Gasteiger partial charge in [-0.2, -0.15) is 4.98 Å². The number of hydrogen-bond donors (Lipinski definition) is 2. The minimum atomic E-state index is -0.166. The Hall–Kier alpha value is -2.90. The number of carbonyl (C=O) groups excluding carboxylic acids is 2. The number of amides is 3. The Kier molecular flexibility index (Phi) is 6.40. The van der Waals surface area contributed by atoms with Crippen LogP contribution in [0.15, 0.2) is 34.9 Å². The Bertz CT molecular complexity index is 762. The van der Waals surface area contributed by atoms with Gasteiger partial charge in [0, 0.05) is 32.5 Å². The lowest BCUT2D eigenvalue weighted by Crippen LogP contribution is -2.39. The van der Waals surface area contributed by atoms with Gasteiger partial charge < -0.3 is 20.1 Å². The van der Waals surface area contributed by atoms with Gasteiger partial charge in [-0.1, -0.05) is 35.5 Å². The van der Waals surface area contributed by atoms with E-state index in [0.29, 0.717) is 37.8 Å². The van der Waals surface area contributed by atoms with Crippen molar-refractivity contribution in [1.82, 2.24) is 25.7 Å². The van der Waals surface area contributed by atoms with Gasteiger partial charge in [0.15, 0.2) is 5.82 Å². The molecule has 1 atom stereocenters. The van der Waals surface area contributed by atoms with Gasteiger partial charge in [0.2, 0.25) is 11.8 Å². The van der Waals surface area contributed by atoms with Gasteiger partial charge in [-0.15, -0.1) is 0 Å². The third kappa shape index (κ3) is 5.06. The molecule has 0 spiro atoms. The molecule has 1 aromatic carbocycles. The Labute approximate surface area is 158 Å². The Balaban J connectivity index is 1.49. The van der Waals surface area contributed by atoms with Crippen molar-refractivity contribution in [3.05, 3.63) is 47.6 Å². The highest BCUT2D eigenvalue weighted by atomic mass is 16.5. The summed E-state index contributed by atoms with van der Waals surface area (Å²) in [5, 5.41) is 9.71. The number of likely N-dealkylation sites (tertiary alicyclic amines) is 1. The smallest absolute Gasteiger partial charge is 0.318 e. The van der Waals surface area contributed by atoms with Gasteiger partial charge in [0.05, 0.1) is 6.04 Å². The zero-order chi connectivity index (χ0) is 19.1. The summed E-state index contributed by atoms with van der Waals surface area (Å²) in [5.41, 5.74) is 1.05. The SMILES string of the molecule is CCNC(=O)N1CCCC1c1noc(CCC(=O)NCc2ccccc2)n1. The monoisotopic (exact) mass is 371 g/mol. The number of benzene rings is 1. The number of hydrogen-bond acceptors (Lipinski definition) is 5. The number of aromatic nitrogens is 2. The third-order valence-electron chi connectivity index (χ3n) is 4.52. The van der Waals surface area contributed by atoms with E-state index in [2.05, 4.69) is 20.8 Å². The molecule has 8 nitrogen and oxygen atoms in total. The molecular formula is C19H25N5O3. The molecule has 1 fully saturated rings. The average Bonchev–Trinajstić information content (AvgIpc) is 3.35. The van der Waals surface area contributed by atoms with Gasteiger partial charge in [-0.25, -0.2) is 4.79 Å². The van der Waals surface area contributed by atoms with Crippen LogP contribution >= 0.6 is 0 Å². The van der Waals surface area contributed by atoms with E-state index in [-0.39, 0.29) is 24.4 Å². The second-order valence-corrected chi connectivity index (χ2v) is 6.50. The zero-order valence-corrected chi connectivity index (χ0v) is 15.5. The molecular weight excluding hydrogens is 346 g/mol. The van der Waals surface area contributed by atoms with Crippen molar-refractivity contribution >= 4 is 11.9 Å². The Morgan fingerprint density at radius 1 is 1.26 bits per heavy atom.